The highest BCUT2D eigenvalue weighted by atomic mass is 31.2. The third-order valence-corrected chi connectivity index (χ3v) is 3.15. The second-order valence-electron chi connectivity index (χ2n) is 5.11. The molecule has 0 saturated carbocycles. The number of carbonyl (C=O) groups excluding carboxylic acids is 1. The summed E-state index contributed by atoms with van der Waals surface area (Å²) in [5, 5.41) is 2.51. The number of amides is 1. The van der Waals surface area contributed by atoms with Crippen molar-refractivity contribution in [3.8, 4) is 0 Å². The van der Waals surface area contributed by atoms with E-state index in [-0.39, 0.29) is 13.2 Å². The van der Waals surface area contributed by atoms with Crippen LogP contribution in [0.4, 0.5) is 4.79 Å². The number of alkyl carbamates (subject to hydrolysis) is 1. The third-order valence-electron chi connectivity index (χ3n) is 2.64. The molecule has 1 atom stereocenters. The van der Waals surface area contributed by atoms with Crippen molar-refractivity contribution in [1.82, 2.24) is 5.32 Å². The van der Waals surface area contributed by atoms with Gasteiger partial charge in [-0.25, -0.2) is 4.79 Å². The van der Waals surface area contributed by atoms with E-state index in [0.29, 0.717) is 37.3 Å². The van der Waals surface area contributed by atoms with Gasteiger partial charge in [0.25, 0.3) is 7.82 Å². The van der Waals surface area contributed by atoms with E-state index in [2.05, 4.69) is 16.4 Å². The summed E-state index contributed by atoms with van der Waals surface area (Å²) in [5.74, 6) is 0. The maximum atomic E-state index is 11.1. The Kier molecular flexibility index (Phi) is 10.2. The number of likely N-dealkylation sites (N-methyl/N-ethyl adjacent to an activating group) is 1. The SMILES string of the molecule is C=CCOC(=O)NCCOCC[N+](C)(C)CCOP(=O)([O-])O. The maximum absolute atomic E-state index is 11.1. The number of carbonyl (C=O) groups is 1. The normalized spacial score (nSPS) is 14.2. The fourth-order valence-electron chi connectivity index (χ4n) is 1.34. The Morgan fingerprint density at radius 3 is 2.59 bits per heavy atom. The molecule has 9 nitrogen and oxygen atoms in total. The van der Waals surface area contributed by atoms with Crippen LogP contribution in [-0.2, 0) is 18.6 Å². The summed E-state index contributed by atoms with van der Waals surface area (Å²) in [6, 6.07) is 0. The number of hydrogen-bond donors (Lipinski definition) is 2. The molecular weight excluding hydrogens is 315 g/mol. The molecule has 0 bridgehead atoms. The highest BCUT2D eigenvalue weighted by Crippen LogP contribution is 2.29. The van der Waals surface area contributed by atoms with Gasteiger partial charge >= 0.3 is 6.09 Å². The monoisotopic (exact) mass is 340 g/mol. The van der Waals surface area contributed by atoms with E-state index in [1.807, 2.05) is 14.1 Å². The van der Waals surface area contributed by atoms with E-state index in [4.69, 9.17) is 14.4 Å². The van der Waals surface area contributed by atoms with E-state index in [9.17, 15) is 14.3 Å². The van der Waals surface area contributed by atoms with E-state index in [1.54, 1.807) is 0 Å². The molecule has 0 saturated heterocycles. The highest BCUT2D eigenvalue weighted by molar-refractivity contribution is 7.44. The lowest BCUT2D eigenvalue weighted by Crippen LogP contribution is -2.45. The number of ether oxygens (including phenoxy) is 2. The van der Waals surface area contributed by atoms with E-state index in [1.165, 1.54) is 6.08 Å². The van der Waals surface area contributed by atoms with Crippen LogP contribution in [0.3, 0.4) is 0 Å². The Bertz CT molecular complexity index is 384. The predicted octanol–water partition coefficient (Wildman–Crippen LogP) is -0.531. The zero-order chi connectivity index (χ0) is 17.1. The van der Waals surface area contributed by atoms with Crippen LogP contribution in [0, 0.1) is 0 Å². The summed E-state index contributed by atoms with van der Waals surface area (Å²) in [5.41, 5.74) is 0. The molecule has 1 unspecified atom stereocenters. The summed E-state index contributed by atoms with van der Waals surface area (Å²) < 4.78 is 25.3. The van der Waals surface area contributed by atoms with E-state index < -0.39 is 13.9 Å². The van der Waals surface area contributed by atoms with Gasteiger partial charge in [-0.1, -0.05) is 12.7 Å². The zero-order valence-corrected chi connectivity index (χ0v) is 13.9. The molecule has 0 aliphatic rings. The van der Waals surface area contributed by atoms with Crippen molar-refractivity contribution in [2.75, 3.05) is 60.2 Å². The van der Waals surface area contributed by atoms with Gasteiger partial charge < -0.3 is 33.6 Å². The first kappa shape index (κ1) is 21.0. The van der Waals surface area contributed by atoms with Gasteiger partial charge in [-0.05, 0) is 0 Å². The number of phosphoric acid groups is 1. The first-order chi connectivity index (χ1) is 10.2. The lowest BCUT2D eigenvalue weighted by Gasteiger charge is -2.30. The maximum Gasteiger partial charge on any atom is 0.407 e. The molecular formula is C12H25N2O7P. The third kappa shape index (κ3) is 14.0. The molecule has 0 aromatic carbocycles. The number of phosphoric ester groups is 1. The van der Waals surface area contributed by atoms with Crippen molar-refractivity contribution in [3.05, 3.63) is 12.7 Å². The van der Waals surface area contributed by atoms with Crippen LogP contribution in [0.15, 0.2) is 12.7 Å². The number of rotatable bonds is 12. The van der Waals surface area contributed by atoms with Crippen LogP contribution in [0.5, 0.6) is 0 Å². The van der Waals surface area contributed by atoms with Gasteiger partial charge in [0, 0.05) is 6.54 Å². The second-order valence-corrected chi connectivity index (χ2v) is 6.31. The van der Waals surface area contributed by atoms with Crippen LogP contribution in [-0.4, -0.2) is 75.6 Å². The van der Waals surface area contributed by atoms with Crippen molar-refractivity contribution >= 4 is 13.9 Å². The molecule has 1 amide bonds. The number of hydrogen-bond acceptors (Lipinski definition) is 6. The Balaban J connectivity index is 3.62. The molecule has 0 aliphatic carbocycles. The van der Waals surface area contributed by atoms with Crippen LogP contribution >= 0.6 is 7.82 Å². The largest absolute Gasteiger partial charge is 0.756 e. The van der Waals surface area contributed by atoms with Crippen LogP contribution in [0.1, 0.15) is 0 Å². The van der Waals surface area contributed by atoms with Crippen molar-refractivity contribution in [2.24, 2.45) is 0 Å². The molecule has 0 heterocycles. The average molecular weight is 340 g/mol. The summed E-state index contributed by atoms with van der Waals surface area (Å²) >= 11 is 0. The van der Waals surface area contributed by atoms with Crippen molar-refractivity contribution < 1.29 is 37.6 Å². The quantitative estimate of drug-likeness (QED) is 0.212. The standard InChI is InChI=1S/C12H25N2O7P/c1-4-8-20-12(15)13-5-9-19-10-6-14(2,3)7-11-21-22(16,17)18/h4H,1,5-11H2,2-3H3,(H2-,13,15,16,17,18). The van der Waals surface area contributed by atoms with Gasteiger partial charge in [0.2, 0.25) is 0 Å². The Labute approximate surface area is 130 Å². The van der Waals surface area contributed by atoms with Crippen molar-refractivity contribution in [2.45, 2.75) is 0 Å². The molecule has 0 aromatic heterocycles. The molecule has 0 rings (SSSR count). The van der Waals surface area contributed by atoms with Gasteiger partial charge in [-0.2, -0.15) is 0 Å². The number of quaternary nitrogens is 1. The lowest BCUT2D eigenvalue weighted by molar-refractivity contribution is -0.890. The topological polar surface area (TPSA) is 117 Å². The van der Waals surface area contributed by atoms with Gasteiger partial charge in [0.1, 0.15) is 26.3 Å². The average Bonchev–Trinajstić information content (AvgIpc) is 2.38. The fourth-order valence-corrected chi connectivity index (χ4v) is 1.65. The Hall–Kier alpha value is -0.960. The van der Waals surface area contributed by atoms with Gasteiger partial charge in [-0.3, -0.25) is 4.57 Å². The zero-order valence-electron chi connectivity index (χ0n) is 13.0. The van der Waals surface area contributed by atoms with E-state index >= 15 is 0 Å². The fraction of sp³-hybridized carbons (Fsp3) is 0.750. The molecule has 0 spiro atoms. The first-order valence-corrected chi connectivity index (χ1v) is 8.25. The summed E-state index contributed by atoms with van der Waals surface area (Å²) in [4.78, 5) is 30.0. The minimum absolute atomic E-state index is 0.0963. The highest BCUT2D eigenvalue weighted by Gasteiger charge is 2.16. The summed E-state index contributed by atoms with van der Waals surface area (Å²) in [6.07, 6.45) is 0.949. The minimum Gasteiger partial charge on any atom is -0.756 e. The summed E-state index contributed by atoms with van der Waals surface area (Å²) in [6.45, 7) is 5.62. The molecule has 0 aliphatic heterocycles. The molecule has 22 heavy (non-hydrogen) atoms. The van der Waals surface area contributed by atoms with E-state index in [0.717, 1.165) is 0 Å². The second kappa shape index (κ2) is 10.7. The van der Waals surface area contributed by atoms with Crippen LogP contribution in [0.2, 0.25) is 0 Å². The minimum atomic E-state index is -4.66. The van der Waals surface area contributed by atoms with Crippen molar-refractivity contribution in [3.63, 3.8) is 0 Å². The lowest BCUT2D eigenvalue weighted by atomic mass is 10.4. The van der Waals surface area contributed by atoms with Gasteiger partial charge in [-0.15, -0.1) is 0 Å². The first-order valence-electron chi connectivity index (χ1n) is 6.76. The number of nitrogens with zero attached hydrogens (tertiary/aromatic N) is 1. The van der Waals surface area contributed by atoms with Crippen LogP contribution < -0.4 is 10.2 Å². The smallest absolute Gasteiger partial charge is 0.407 e. The Morgan fingerprint density at radius 1 is 1.36 bits per heavy atom. The van der Waals surface area contributed by atoms with Crippen molar-refractivity contribution in [1.29, 1.82) is 0 Å². The van der Waals surface area contributed by atoms with Gasteiger partial charge in [0.15, 0.2) is 0 Å². The molecule has 2 N–H and O–H groups in total. The predicted molar refractivity (Wildman–Crippen MR) is 78.0 cm³/mol. The molecule has 0 aromatic rings. The van der Waals surface area contributed by atoms with Crippen LogP contribution in [0.25, 0.3) is 0 Å². The summed E-state index contributed by atoms with van der Waals surface area (Å²) in [7, 11) is -0.900. The number of nitrogens with one attached hydrogen (secondary N) is 1. The molecule has 10 heteroatoms. The molecule has 130 valence electrons. The Morgan fingerprint density at radius 2 is 2.00 bits per heavy atom. The molecule has 0 fully saturated rings. The molecule has 0 radical (unpaired) electrons. The van der Waals surface area contributed by atoms with Gasteiger partial charge in [0.05, 0.1) is 27.3 Å².